The van der Waals surface area contributed by atoms with E-state index in [2.05, 4.69) is 172 Å². The normalized spacial score (nSPS) is 11.9. The summed E-state index contributed by atoms with van der Waals surface area (Å²) in [5.74, 6) is 3.32. The van der Waals surface area contributed by atoms with E-state index >= 15 is 0 Å². The molecule has 0 aromatic carbocycles. The highest BCUT2D eigenvalue weighted by molar-refractivity contribution is 5.95. The average molecular weight is 2070 g/mol. The van der Waals surface area contributed by atoms with Crippen LogP contribution in [0.25, 0.3) is 6.08 Å². The quantitative estimate of drug-likeness (QED) is 0.00955. The molecule has 0 aliphatic rings. The number of aromatic nitrogens is 4. The van der Waals surface area contributed by atoms with Crippen molar-refractivity contribution in [2.45, 2.75) is 399 Å². The van der Waals surface area contributed by atoms with Gasteiger partial charge in [0.2, 0.25) is 5.78 Å². The fraction of sp³-hybridized carbons (Fsp3) is 0.633. The number of allylic oxidation sites excluding steroid dienone is 4. The van der Waals surface area contributed by atoms with Crippen LogP contribution in [-0.4, -0.2) is 176 Å². The smallest absolute Gasteiger partial charge is 0.336 e. The van der Waals surface area contributed by atoms with Crippen molar-refractivity contribution in [3.63, 3.8) is 0 Å². The predicted octanol–water partition coefficient (Wildman–Crippen LogP) is 26.1. The van der Waals surface area contributed by atoms with Crippen LogP contribution in [0.4, 0.5) is 4.39 Å². The maximum atomic E-state index is 12.3. The maximum Gasteiger partial charge on any atom is 0.336 e. The van der Waals surface area contributed by atoms with E-state index in [0.29, 0.717) is 81.7 Å². The van der Waals surface area contributed by atoms with Gasteiger partial charge in [0, 0.05) is 93.2 Å². The van der Waals surface area contributed by atoms with Crippen molar-refractivity contribution in [1.29, 1.82) is 5.26 Å². The molecule has 3 N–H and O–H groups in total. The Labute approximate surface area is 891 Å². The lowest BCUT2D eigenvalue weighted by Crippen LogP contribution is -2.31. The summed E-state index contributed by atoms with van der Waals surface area (Å²) in [5, 5.41) is 36.8. The summed E-state index contributed by atoms with van der Waals surface area (Å²) in [5.41, 5.74) is 4.00. The molecule has 840 valence electrons. The minimum atomic E-state index is -0.855. The Morgan fingerprint density at radius 1 is 0.503 bits per heavy atom. The zero-order chi connectivity index (χ0) is 119. The Morgan fingerprint density at radius 3 is 1.22 bits per heavy atom. The first-order chi connectivity index (χ1) is 65.9. The van der Waals surface area contributed by atoms with Gasteiger partial charge in [0.25, 0.3) is 0 Å². The Hall–Kier alpha value is -10.7. The van der Waals surface area contributed by atoms with Crippen LogP contribution in [0.2, 0.25) is 0 Å². The summed E-state index contributed by atoms with van der Waals surface area (Å²) in [7, 11) is 0. The molecular weight excluding hydrogens is 1870 g/mol. The molecule has 147 heavy (non-hydrogen) atoms. The molecule has 27 heteroatoms. The molecule has 0 spiro atoms. The highest BCUT2D eigenvalue weighted by Gasteiger charge is 2.30. The van der Waals surface area contributed by atoms with Crippen LogP contribution < -0.4 is 0 Å². The number of esters is 6. The number of aliphatic hydroxyl groups excluding tert-OH is 3. The van der Waals surface area contributed by atoms with Gasteiger partial charge >= 0.3 is 41.9 Å². The van der Waals surface area contributed by atoms with Crippen LogP contribution >= 0.6 is 0 Å². The van der Waals surface area contributed by atoms with Gasteiger partial charge in [-0.3, -0.25) is 24.0 Å². The number of nitriles is 1. The third kappa shape index (κ3) is 119. The van der Waals surface area contributed by atoms with Crippen LogP contribution in [-0.2, 0) is 97.8 Å². The van der Waals surface area contributed by atoms with E-state index in [1.54, 1.807) is 51.2 Å². The number of Topliss-reactive ketones (excluding diaryl/α,β-unsaturated/α-hetero) is 2. The van der Waals surface area contributed by atoms with Gasteiger partial charge in [0.1, 0.15) is 18.5 Å². The zero-order valence-electron chi connectivity index (χ0n) is 100. The molecule has 26 nitrogen and oxygen atoms in total. The van der Waals surface area contributed by atoms with E-state index in [4.69, 9.17) is 51.3 Å². The second kappa shape index (κ2) is 79.4. The number of halogens is 1. The number of hydrogen-bond donors (Lipinski definition) is 3. The monoisotopic (exact) mass is 2070 g/mol. The van der Waals surface area contributed by atoms with Crippen molar-refractivity contribution in [2.24, 2.45) is 54.1 Å². The first kappa shape index (κ1) is 159. The van der Waals surface area contributed by atoms with Crippen molar-refractivity contribution >= 4 is 65.0 Å². The maximum absolute atomic E-state index is 12.3. The first-order valence-corrected chi connectivity index (χ1v) is 49.3. The summed E-state index contributed by atoms with van der Waals surface area (Å²) in [6.45, 7) is 121. The number of hydrogen-bond acceptors (Lipinski definition) is 25. The summed E-state index contributed by atoms with van der Waals surface area (Å²) >= 11 is 0. The van der Waals surface area contributed by atoms with Gasteiger partial charge in [-0.2, -0.15) is 9.65 Å². The molecule has 4 atom stereocenters. The first-order valence-electron chi connectivity index (χ1n) is 49.3. The molecule has 0 aliphatic heterocycles. The Kier molecular flexibility index (Phi) is 85.8. The number of ketones is 4. The minimum Gasteiger partial charge on any atom is -0.463 e. The number of nitrogens with zero attached hydrogens (tertiary/aromatic N) is 5. The standard InChI is InChI=1S/C10H16N2.2C10H18O3.C10H16O2.2C10H18O.C10H16O.2C9H16O3.C8H11FN2.C8H13NO.C8H14O2.C8H12O/c1-5-9-11-6-7-12(9)8-10(2,3)4;1-6-13-9(12)7(2)8(11)10(3,4)5;1-5-12-9(11)7-6-8-13-10(2,3)4;1-6-8(10(3,4)5)12-9(11)7-2;2*1-8(2)6-9(11)7-10(3,4)5;1-6-8(2)9(11)7-10(3,4)5;1-7(10)12-6-8(11)5-9(2,3)4;1-5-11-9(10)8(4)6-12-7(2)3;1-8(2,3)6-4-10-7(9)11-5-6;1-6(5-9)7(10)8(2,3)4;1-5-7(9)10-6-8(2,3)4;1-5-7(9)6-8(2,3)4/h5-7H,1,8H2,2-4H3;8,11H,2,6H2,1,3-5H3;6-7H,5,8H2,1-4H3;6-8H,1-2H2,3-5H3;2*6H,7H2,1-5H3;1,9,11H,2,7H2,3-5H3;5-6H2,1-4H3;7H,4-6H2,1-3H3;4-5H,1-3H3;7,10H,1H2,2-4H3;5H,1,6H2,2-4H3;1H,6H2,2-4H3/b;;7-6+;;;;;;;;;;. The topological polar surface area (TPSA) is 373 Å². The molecule has 0 saturated heterocycles. The van der Waals surface area contributed by atoms with Gasteiger partial charge in [-0.05, 0) is 173 Å². The van der Waals surface area contributed by atoms with Crippen LogP contribution in [0, 0.1) is 96.2 Å². The number of ether oxygens (including phenoxy) is 8. The number of terminal acetylenes is 2. The lowest BCUT2D eigenvalue weighted by atomic mass is 9.85. The number of rotatable bonds is 30. The third-order valence-electron chi connectivity index (χ3n) is 16.4. The van der Waals surface area contributed by atoms with E-state index in [0.717, 1.165) is 35.2 Å². The zero-order valence-corrected chi connectivity index (χ0v) is 100. The summed E-state index contributed by atoms with van der Waals surface area (Å²) in [4.78, 5) is 120. The fourth-order valence-electron chi connectivity index (χ4n) is 9.54. The Morgan fingerprint density at radius 2 is 0.925 bits per heavy atom. The second-order valence-electron chi connectivity index (χ2n) is 48.5. The minimum absolute atomic E-state index is 0.00625. The van der Waals surface area contributed by atoms with Crippen LogP contribution in [0.5, 0.6) is 0 Å². The molecule has 0 aliphatic carbocycles. The summed E-state index contributed by atoms with van der Waals surface area (Å²) in [6, 6.07) is 1.83. The van der Waals surface area contributed by atoms with Crippen LogP contribution in [0.1, 0.15) is 362 Å². The molecule has 2 aromatic rings. The summed E-state index contributed by atoms with van der Waals surface area (Å²) < 4.78 is 53.4. The molecular formula is C120H202FN5O21. The number of aliphatic hydroxyl groups is 3. The second-order valence-corrected chi connectivity index (χ2v) is 48.5. The molecule has 4 unspecified atom stereocenters. The Bertz CT molecular complexity index is 4430. The van der Waals surface area contributed by atoms with E-state index in [1.807, 2.05) is 226 Å². The van der Waals surface area contributed by atoms with Crippen molar-refractivity contribution in [3.05, 3.63) is 171 Å². The number of carbonyl (C=O) groups is 10. The molecule has 2 rings (SSSR count). The van der Waals surface area contributed by atoms with Gasteiger partial charge in [-0.25, -0.2) is 38.9 Å². The highest BCUT2D eigenvalue weighted by atomic mass is 19.1. The van der Waals surface area contributed by atoms with Gasteiger partial charge in [0.15, 0.2) is 17.3 Å². The summed E-state index contributed by atoms with van der Waals surface area (Å²) in [6.07, 6.45) is 28.9. The molecule has 0 bridgehead atoms. The van der Waals surface area contributed by atoms with Crippen molar-refractivity contribution in [2.75, 3.05) is 46.2 Å². The number of imidazole rings is 1. The van der Waals surface area contributed by atoms with Gasteiger partial charge in [0.05, 0.1) is 92.4 Å². The predicted molar refractivity (Wildman–Crippen MR) is 601 cm³/mol. The molecule has 0 saturated carbocycles. The highest BCUT2D eigenvalue weighted by Crippen LogP contribution is 2.29. The van der Waals surface area contributed by atoms with E-state index in [-0.39, 0.29) is 137 Å². The number of carbonyl (C=O) groups excluding carboxylic acids is 10. The van der Waals surface area contributed by atoms with Gasteiger partial charge in [-0.1, -0.05) is 310 Å². The molecule has 0 fully saturated rings. The van der Waals surface area contributed by atoms with Gasteiger partial charge in [-0.15, -0.1) is 12.8 Å². The van der Waals surface area contributed by atoms with Gasteiger partial charge < -0.3 is 57.8 Å². The van der Waals surface area contributed by atoms with Crippen LogP contribution in [0.3, 0.4) is 0 Å². The Balaban J connectivity index is -0.000000152. The third-order valence-corrected chi connectivity index (χ3v) is 16.4. The van der Waals surface area contributed by atoms with E-state index in [9.17, 15) is 67.7 Å². The van der Waals surface area contributed by atoms with Crippen molar-refractivity contribution < 1.29 is 106 Å². The largest absolute Gasteiger partial charge is 0.463 e. The molecule has 0 amide bonds. The van der Waals surface area contributed by atoms with Crippen LogP contribution in [0.15, 0.2) is 153 Å². The van der Waals surface area contributed by atoms with E-state index < -0.39 is 42.3 Å². The lowest BCUT2D eigenvalue weighted by molar-refractivity contribution is -0.146. The molecule has 2 heterocycles. The SMILES string of the molecule is C#CC(=C)C(O)CC(C)(C)C.C#CC(=O)CC(C)(C)C.C=C(C#N)C(O)C(C)(C)C.C=C(C(=O)OCC)C(O)C(C)(C)C.C=C(COC(C)C)C(=O)OCC.C=CC(=O)OC(C=C)C(C)(C)C.C=CC(=O)OCC(C)(C)C.C=Cc1nccn1CC(C)(C)C.CC(=O)OCC(=O)CC(C)(C)C.CC(C)(C)c1cnc(F)nc1.CC(C)=CC(=O)CC(C)(C)C.CC(C)=CC(=O)CC(C)(C)C.CCOC(=O)/C=C/COC(C)(C)C. The van der Waals surface area contributed by atoms with Crippen molar-refractivity contribution in [3.8, 4) is 30.8 Å². The molecule has 0 radical (unpaired) electrons. The molecule has 2 aromatic heterocycles. The fourth-order valence-corrected chi connectivity index (χ4v) is 9.54. The lowest BCUT2D eigenvalue weighted by Gasteiger charge is -2.26. The average Bonchev–Trinajstić information content (AvgIpc) is 1.76. The van der Waals surface area contributed by atoms with E-state index in [1.165, 1.54) is 31.5 Å². The van der Waals surface area contributed by atoms with Crippen molar-refractivity contribution in [1.82, 2.24) is 19.5 Å².